The van der Waals surface area contributed by atoms with Gasteiger partial charge in [0.25, 0.3) is 0 Å². The molecule has 2 aromatic rings. The molecule has 0 aliphatic rings. The molecule has 1 atom stereocenters. The summed E-state index contributed by atoms with van der Waals surface area (Å²) in [5.74, 6) is -1.53. The molecule has 0 aliphatic heterocycles. The van der Waals surface area contributed by atoms with Gasteiger partial charge in [0.1, 0.15) is 12.6 Å². The number of aliphatic carboxylic acids is 1. The summed E-state index contributed by atoms with van der Waals surface area (Å²) in [7, 11) is 0. The molecule has 0 bridgehead atoms. The minimum Gasteiger partial charge on any atom is -0.480 e. The molecule has 0 aliphatic carbocycles. The fourth-order valence-corrected chi connectivity index (χ4v) is 2.62. The molecule has 0 heterocycles. The van der Waals surface area contributed by atoms with E-state index in [9.17, 15) is 14.7 Å². The third-order valence-corrected chi connectivity index (χ3v) is 3.80. The summed E-state index contributed by atoms with van der Waals surface area (Å²) in [6.07, 6.45) is 0.208. The zero-order valence-electron chi connectivity index (χ0n) is 12.9. The van der Waals surface area contributed by atoms with E-state index < -0.39 is 17.9 Å². The molecule has 1 amide bonds. The van der Waals surface area contributed by atoms with E-state index in [2.05, 4.69) is 21.2 Å². The van der Waals surface area contributed by atoms with Crippen LogP contribution in [0.3, 0.4) is 0 Å². The molecule has 2 N–H and O–H groups in total. The highest BCUT2D eigenvalue weighted by atomic mass is 79.9. The number of carbonyl (C=O) groups excluding carboxylic acids is 1. The number of hydrogen-bond donors (Lipinski definition) is 2. The van der Waals surface area contributed by atoms with Crippen molar-refractivity contribution < 1.29 is 19.4 Å². The van der Waals surface area contributed by atoms with Crippen LogP contribution in [0.2, 0.25) is 0 Å². The van der Waals surface area contributed by atoms with Gasteiger partial charge in [-0.15, -0.1) is 0 Å². The molecule has 0 unspecified atom stereocenters. The minimum absolute atomic E-state index is 0.183. The molecular formula is C18H18BrNO4. The van der Waals surface area contributed by atoms with E-state index in [-0.39, 0.29) is 13.0 Å². The predicted molar refractivity (Wildman–Crippen MR) is 93.5 cm³/mol. The average Bonchev–Trinajstić information content (AvgIpc) is 2.55. The standard InChI is InChI=1S/C18H18BrNO4/c19-15-8-4-7-14(9-15)10-16(18(22)23)20-17(21)12-24-11-13-5-2-1-3-6-13/h1-9,16H,10-12H2,(H,20,21)(H,22,23)/t16-/m1/s1. The highest BCUT2D eigenvalue weighted by molar-refractivity contribution is 9.10. The van der Waals surface area contributed by atoms with Gasteiger partial charge in [0.05, 0.1) is 6.61 Å². The van der Waals surface area contributed by atoms with Gasteiger partial charge in [0.15, 0.2) is 0 Å². The maximum Gasteiger partial charge on any atom is 0.326 e. The second-order valence-corrected chi connectivity index (χ2v) is 6.19. The Balaban J connectivity index is 1.83. The molecule has 2 rings (SSSR count). The van der Waals surface area contributed by atoms with Crippen molar-refractivity contribution in [2.24, 2.45) is 0 Å². The first-order chi connectivity index (χ1) is 11.5. The SMILES string of the molecule is O=C(COCc1ccccc1)N[C@H](Cc1cccc(Br)c1)C(=O)O. The second-order valence-electron chi connectivity index (χ2n) is 5.27. The van der Waals surface area contributed by atoms with Crippen molar-refractivity contribution in [3.05, 3.63) is 70.2 Å². The molecule has 0 spiro atoms. The molecule has 2 aromatic carbocycles. The van der Waals surface area contributed by atoms with Crippen LogP contribution in [0.4, 0.5) is 0 Å². The number of ether oxygens (including phenoxy) is 1. The van der Waals surface area contributed by atoms with Crippen LogP contribution in [0.25, 0.3) is 0 Å². The van der Waals surface area contributed by atoms with Gasteiger partial charge in [-0.25, -0.2) is 4.79 Å². The molecule has 24 heavy (non-hydrogen) atoms. The van der Waals surface area contributed by atoms with Crippen molar-refractivity contribution in [2.45, 2.75) is 19.1 Å². The van der Waals surface area contributed by atoms with Crippen molar-refractivity contribution in [1.82, 2.24) is 5.32 Å². The fraction of sp³-hybridized carbons (Fsp3) is 0.222. The number of halogens is 1. The molecule has 0 saturated heterocycles. The lowest BCUT2D eigenvalue weighted by molar-refractivity contribution is -0.142. The topological polar surface area (TPSA) is 75.6 Å². The van der Waals surface area contributed by atoms with E-state index >= 15 is 0 Å². The molecule has 5 nitrogen and oxygen atoms in total. The van der Waals surface area contributed by atoms with E-state index in [0.29, 0.717) is 6.61 Å². The third kappa shape index (κ3) is 6.14. The zero-order chi connectivity index (χ0) is 17.4. The summed E-state index contributed by atoms with van der Waals surface area (Å²) in [6, 6.07) is 15.8. The number of amides is 1. The number of carboxylic acid groups (broad SMARTS) is 1. The first-order valence-corrected chi connectivity index (χ1v) is 8.22. The van der Waals surface area contributed by atoms with Crippen molar-refractivity contribution in [1.29, 1.82) is 0 Å². The number of hydrogen-bond acceptors (Lipinski definition) is 3. The Morgan fingerprint density at radius 1 is 1.08 bits per heavy atom. The Kier molecular flexibility index (Phi) is 6.96. The maximum atomic E-state index is 11.9. The number of carbonyl (C=O) groups is 2. The lowest BCUT2D eigenvalue weighted by Gasteiger charge is -2.15. The van der Waals surface area contributed by atoms with Gasteiger partial charge in [0, 0.05) is 10.9 Å². The molecule has 0 aromatic heterocycles. The van der Waals surface area contributed by atoms with Crippen LogP contribution in [0, 0.1) is 0 Å². The van der Waals surface area contributed by atoms with Gasteiger partial charge >= 0.3 is 5.97 Å². The summed E-state index contributed by atoms with van der Waals surface area (Å²) in [5.41, 5.74) is 1.77. The maximum absolute atomic E-state index is 11.9. The van der Waals surface area contributed by atoms with Crippen LogP contribution in [0.5, 0.6) is 0 Å². The smallest absolute Gasteiger partial charge is 0.326 e. The molecule has 0 radical (unpaired) electrons. The molecule has 0 fully saturated rings. The monoisotopic (exact) mass is 391 g/mol. The number of carboxylic acids is 1. The zero-order valence-corrected chi connectivity index (χ0v) is 14.5. The summed E-state index contributed by atoms with van der Waals surface area (Å²) < 4.78 is 6.18. The van der Waals surface area contributed by atoms with E-state index in [1.807, 2.05) is 54.6 Å². The Morgan fingerprint density at radius 3 is 2.46 bits per heavy atom. The Bertz CT molecular complexity index is 690. The van der Waals surface area contributed by atoms with Crippen molar-refractivity contribution in [3.63, 3.8) is 0 Å². The first-order valence-electron chi connectivity index (χ1n) is 7.43. The largest absolute Gasteiger partial charge is 0.480 e. The summed E-state index contributed by atoms with van der Waals surface area (Å²) in [6.45, 7) is 0.120. The first kappa shape index (κ1) is 18.2. The summed E-state index contributed by atoms with van der Waals surface area (Å²) in [4.78, 5) is 23.2. The number of benzene rings is 2. The minimum atomic E-state index is -1.08. The molecule has 0 saturated carbocycles. The average molecular weight is 392 g/mol. The van der Waals surface area contributed by atoms with E-state index in [1.54, 1.807) is 0 Å². The third-order valence-electron chi connectivity index (χ3n) is 3.31. The highest BCUT2D eigenvalue weighted by Gasteiger charge is 2.20. The van der Waals surface area contributed by atoms with Gasteiger partial charge in [-0.05, 0) is 23.3 Å². The van der Waals surface area contributed by atoms with Crippen molar-refractivity contribution in [3.8, 4) is 0 Å². The van der Waals surface area contributed by atoms with Gasteiger partial charge in [-0.1, -0.05) is 58.4 Å². The molecule has 126 valence electrons. The Morgan fingerprint density at radius 2 is 1.79 bits per heavy atom. The van der Waals surface area contributed by atoms with Gasteiger partial charge in [0.2, 0.25) is 5.91 Å². The molecule has 6 heteroatoms. The van der Waals surface area contributed by atoms with Crippen molar-refractivity contribution >= 4 is 27.8 Å². The van der Waals surface area contributed by atoms with Crippen LogP contribution in [0.15, 0.2) is 59.1 Å². The summed E-state index contributed by atoms with van der Waals surface area (Å²) in [5, 5.41) is 11.8. The second kappa shape index (κ2) is 9.20. The van der Waals surface area contributed by atoms with Crippen LogP contribution in [-0.2, 0) is 27.4 Å². The van der Waals surface area contributed by atoms with Crippen LogP contribution >= 0.6 is 15.9 Å². The summed E-state index contributed by atoms with van der Waals surface area (Å²) >= 11 is 3.34. The van der Waals surface area contributed by atoms with Gasteiger partial charge in [-0.2, -0.15) is 0 Å². The van der Waals surface area contributed by atoms with Crippen LogP contribution in [-0.4, -0.2) is 29.6 Å². The fourth-order valence-electron chi connectivity index (χ4n) is 2.17. The normalized spacial score (nSPS) is 11.7. The predicted octanol–water partition coefficient (Wildman–Crippen LogP) is 2.78. The quantitative estimate of drug-likeness (QED) is 0.725. The Hall–Kier alpha value is -2.18. The highest BCUT2D eigenvalue weighted by Crippen LogP contribution is 2.13. The number of nitrogens with one attached hydrogen (secondary N) is 1. The van der Waals surface area contributed by atoms with E-state index in [1.165, 1.54) is 0 Å². The van der Waals surface area contributed by atoms with Gasteiger partial charge in [-0.3, -0.25) is 4.79 Å². The van der Waals surface area contributed by atoms with Crippen LogP contribution in [0.1, 0.15) is 11.1 Å². The molecular weight excluding hydrogens is 374 g/mol. The lowest BCUT2D eigenvalue weighted by atomic mass is 10.1. The Labute approximate surface area is 148 Å². The number of rotatable bonds is 8. The van der Waals surface area contributed by atoms with Gasteiger partial charge < -0.3 is 15.2 Å². The van der Waals surface area contributed by atoms with E-state index in [4.69, 9.17) is 4.74 Å². The van der Waals surface area contributed by atoms with Crippen LogP contribution < -0.4 is 5.32 Å². The lowest BCUT2D eigenvalue weighted by Crippen LogP contribution is -2.43. The van der Waals surface area contributed by atoms with Crippen molar-refractivity contribution in [2.75, 3.05) is 6.61 Å². The van der Waals surface area contributed by atoms with E-state index in [0.717, 1.165) is 15.6 Å².